The minimum atomic E-state index is -0.197. The molecule has 3 heteroatoms. The van der Waals surface area contributed by atoms with E-state index in [1.807, 2.05) is 6.92 Å². The van der Waals surface area contributed by atoms with E-state index in [1.165, 1.54) is 11.1 Å². The van der Waals surface area contributed by atoms with E-state index in [2.05, 4.69) is 62.6 Å². The molecule has 1 amide bonds. The van der Waals surface area contributed by atoms with Crippen LogP contribution in [0.4, 0.5) is 0 Å². The van der Waals surface area contributed by atoms with Crippen molar-refractivity contribution in [2.75, 3.05) is 7.05 Å². The maximum Gasteiger partial charge on any atom is 0.236 e. The smallest absolute Gasteiger partial charge is 0.236 e. The van der Waals surface area contributed by atoms with E-state index in [9.17, 15) is 4.79 Å². The summed E-state index contributed by atoms with van der Waals surface area (Å²) in [5.74, 6) is 0.987. The first kappa shape index (κ1) is 16.7. The van der Waals surface area contributed by atoms with Crippen LogP contribution in [0.2, 0.25) is 0 Å². The van der Waals surface area contributed by atoms with Crippen molar-refractivity contribution in [3.63, 3.8) is 0 Å². The van der Waals surface area contributed by atoms with Gasteiger partial charge in [-0.25, -0.2) is 0 Å². The zero-order valence-electron chi connectivity index (χ0n) is 13.5. The largest absolute Gasteiger partial charge is 0.358 e. The van der Waals surface area contributed by atoms with E-state index >= 15 is 0 Å². The third-order valence-corrected chi connectivity index (χ3v) is 3.70. The van der Waals surface area contributed by atoms with Crippen LogP contribution >= 0.6 is 0 Å². The second-order valence-electron chi connectivity index (χ2n) is 6.05. The molecule has 3 nitrogen and oxygen atoms in total. The van der Waals surface area contributed by atoms with Crippen molar-refractivity contribution in [1.29, 1.82) is 0 Å². The van der Waals surface area contributed by atoms with Gasteiger partial charge in [0.15, 0.2) is 0 Å². The van der Waals surface area contributed by atoms with Crippen LogP contribution in [0.1, 0.15) is 57.7 Å². The number of hydrogen-bond donors (Lipinski definition) is 2. The van der Waals surface area contributed by atoms with Crippen molar-refractivity contribution >= 4 is 5.91 Å². The summed E-state index contributed by atoms with van der Waals surface area (Å²) in [6, 6.07) is 8.69. The third kappa shape index (κ3) is 4.34. The molecule has 2 N–H and O–H groups in total. The van der Waals surface area contributed by atoms with Gasteiger partial charge in [0.2, 0.25) is 5.91 Å². The van der Waals surface area contributed by atoms with E-state index in [4.69, 9.17) is 0 Å². The van der Waals surface area contributed by atoms with Crippen molar-refractivity contribution in [3.8, 4) is 0 Å². The van der Waals surface area contributed by atoms with E-state index in [1.54, 1.807) is 7.05 Å². The number of likely N-dealkylation sites (N-methyl/N-ethyl adjacent to an activating group) is 1. The molecule has 2 atom stereocenters. The Morgan fingerprint density at radius 1 is 0.950 bits per heavy atom. The summed E-state index contributed by atoms with van der Waals surface area (Å²) < 4.78 is 0. The monoisotopic (exact) mass is 276 g/mol. The van der Waals surface area contributed by atoms with Crippen molar-refractivity contribution in [2.24, 2.45) is 5.92 Å². The Kier molecular flexibility index (Phi) is 6.21. The highest BCUT2D eigenvalue weighted by Crippen LogP contribution is 2.24. The van der Waals surface area contributed by atoms with Crippen molar-refractivity contribution in [2.45, 2.75) is 52.6 Å². The van der Waals surface area contributed by atoms with Gasteiger partial charge in [-0.05, 0) is 29.9 Å². The summed E-state index contributed by atoms with van der Waals surface area (Å²) in [5, 5.41) is 6.10. The first-order valence-electron chi connectivity index (χ1n) is 7.44. The molecule has 1 aromatic rings. The van der Waals surface area contributed by atoms with Crippen LogP contribution in [-0.2, 0) is 4.79 Å². The standard InChI is InChI=1S/C17H28N2O/c1-11(2)14-7-9-15(10-8-14)16(12(3)4)19-13(5)17(20)18-6/h7-13,16,19H,1-6H3,(H,18,20)/t13-,16-/m0/s1. The molecule has 0 aliphatic heterocycles. The number of amides is 1. The van der Waals surface area contributed by atoms with E-state index in [0.29, 0.717) is 11.8 Å². The highest BCUT2D eigenvalue weighted by Gasteiger charge is 2.21. The van der Waals surface area contributed by atoms with E-state index in [0.717, 1.165) is 0 Å². The number of rotatable bonds is 6. The fourth-order valence-corrected chi connectivity index (χ4v) is 2.32. The molecule has 0 fully saturated rings. The molecule has 112 valence electrons. The molecule has 0 aromatic heterocycles. The molecule has 0 unspecified atom stereocenters. The second kappa shape index (κ2) is 7.44. The van der Waals surface area contributed by atoms with Gasteiger partial charge >= 0.3 is 0 Å². The second-order valence-corrected chi connectivity index (χ2v) is 6.05. The highest BCUT2D eigenvalue weighted by atomic mass is 16.2. The Morgan fingerprint density at radius 2 is 1.45 bits per heavy atom. The lowest BCUT2D eigenvalue weighted by Gasteiger charge is -2.26. The van der Waals surface area contributed by atoms with E-state index in [-0.39, 0.29) is 18.0 Å². The summed E-state index contributed by atoms with van der Waals surface area (Å²) in [6.45, 7) is 10.6. The highest BCUT2D eigenvalue weighted by molar-refractivity contribution is 5.81. The zero-order chi connectivity index (χ0) is 15.3. The van der Waals surface area contributed by atoms with Crippen molar-refractivity contribution in [3.05, 3.63) is 35.4 Å². The molecule has 0 spiro atoms. The predicted molar refractivity (Wildman–Crippen MR) is 84.8 cm³/mol. The molecule has 0 heterocycles. The van der Waals surface area contributed by atoms with Gasteiger partial charge in [-0.1, -0.05) is 52.0 Å². The fourth-order valence-electron chi connectivity index (χ4n) is 2.32. The van der Waals surface area contributed by atoms with E-state index < -0.39 is 0 Å². The van der Waals surface area contributed by atoms with Gasteiger partial charge in [-0.3, -0.25) is 10.1 Å². The summed E-state index contributed by atoms with van der Waals surface area (Å²) in [6.07, 6.45) is 0. The molecule has 0 saturated heterocycles. The Hall–Kier alpha value is -1.35. The van der Waals surface area contributed by atoms with Gasteiger partial charge in [0.05, 0.1) is 6.04 Å². The average molecular weight is 276 g/mol. The minimum absolute atomic E-state index is 0.0226. The van der Waals surface area contributed by atoms with Crippen LogP contribution in [0.15, 0.2) is 24.3 Å². The lowest BCUT2D eigenvalue weighted by molar-refractivity contribution is -0.122. The Labute approximate surface area is 123 Å². The van der Waals surface area contributed by atoms with Gasteiger partial charge in [0.1, 0.15) is 0 Å². The van der Waals surface area contributed by atoms with Crippen LogP contribution in [0, 0.1) is 5.92 Å². The number of carbonyl (C=O) groups is 1. The Bertz CT molecular complexity index is 423. The molecule has 20 heavy (non-hydrogen) atoms. The van der Waals surface area contributed by atoms with Gasteiger partial charge in [0.25, 0.3) is 0 Å². The number of carbonyl (C=O) groups excluding carboxylic acids is 1. The third-order valence-electron chi connectivity index (χ3n) is 3.70. The van der Waals surface area contributed by atoms with Gasteiger partial charge in [-0.2, -0.15) is 0 Å². The van der Waals surface area contributed by atoms with Crippen molar-refractivity contribution in [1.82, 2.24) is 10.6 Å². The molecule has 0 aliphatic carbocycles. The SMILES string of the molecule is CNC(=O)[C@H](C)N[C@H](c1ccc(C(C)C)cc1)C(C)C. The van der Waals surface area contributed by atoms with Crippen LogP contribution in [-0.4, -0.2) is 19.0 Å². The average Bonchev–Trinajstić information content (AvgIpc) is 2.43. The number of hydrogen-bond acceptors (Lipinski definition) is 2. The predicted octanol–water partition coefficient (Wildman–Crippen LogP) is 3.23. The van der Waals surface area contributed by atoms with Gasteiger partial charge in [-0.15, -0.1) is 0 Å². The first-order valence-corrected chi connectivity index (χ1v) is 7.44. The summed E-state index contributed by atoms with van der Waals surface area (Å²) in [7, 11) is 1.67. The molecule has 0 aliphatic rings. The molecular weight excluding hydrogens is 248 g/mol. The summed E-state index contributed by atoms with van der Waals surface area (Å²) >= 11 is 0. The van der Waals surface area contributed by atoms with Crippen LogP contribution in [0.5, 0.6) is 0 Å². The lowest BCUT2D eigenvalue weighted by Crippen LogP contribution is -2.43. The number of nitrogens with one attached hydrogen (secondary N) is 2. The Morgan fingerprint density at radius 3 is 1.85 bits per heavy atom. The summed E-state index contributed by atoms with van der Waals surface area (Å²) in [4.78, 5) is 11.7. The first-order chi connectivity index (χ1) is 9.36. The normalized spacial score (nSPS) is 14.4. The fraction of sp³-hybridized carbons (Fsp3) is 0.588. The minimum Gasteiger partial charge on any atom is -0.358 e. The lowest BCUT2D eigenvalue weighted by atomic mass is 9.93. The summed E-state index contributed by atoms with van der Waals surface area (Å²) in [5.41, 5.74) is 2.58. The molecular formula is C17H28N2O. The molecule has 1 rings (SSSR count). The van der Waals surface area contributed by atoms with Crippen LogP contribution in [0.25, 0.3) is 0 Å². The molecule has 0 radical (unpaired) electrons. The Balaban J connectivity index is 2.88. The molecule has 0 bridgehead atoms. The topological polar surface area (TPSA) is 41.1 Å². The van der Waals surface area contributed by atoms with Gasteiger partial charge < -0.3 is 5.32 Å². The van der Waals surface area contributed by atoms with Crippen molar-refractivity contribution < 1.29 is 4.79 Å². The zero-order valence-corrected chi connectivity index (χ0v) is 13.5. The van der Waals surface area contributed by atoms with Crippen LogP contribution in [0.3, 0.4) is 0 Å². The molecule has 1 aromatic carbocycles. The quantitative estimate of drug-likeness (QED) is 0.837. The molecule has 0 saturated carbocycles. The maximum absolute atomic E-state index is 11.7. The van der Waals surface area contributed by atoms with Gasteiger partial charge in [0, 0.05) is 13.1 Å². The maximum atomic E-state index is 11.7. The van der Waals surface area contributed by atoms with Crippen LogP contribution < -0.4 is 10.6 Å². The number of benzene rings is 1.